The number of carbonyl (C=O) groups is 2. The van der Waals surface area contributed by atoms with Crippen molar-refractivity contribution in [2.45, 2.75) is 41.0 Å². The van der Waals surface area contributed by atoms with Crippen molar-refractivity contribution in [3.63, 3.8) is 0 Å². The van der Waals surface area contributed by atoms with Gasteiger partial charge in [0.15, 0.2) is 0 Å². The lowest BCUT2D eigenvalue weighted by Crippen LogP contribution is -2.43. The maximum Gasteiger partial charge on any atom is 0.321 e. The molecule has 11 heteroatoms. The van der Waals surface area contributed by atoms with Gasteiger partial charge in [-0.05, 0) is 31.9 Å². The summed E-state index contributed by atoms with van der Waals surface area (Å²) in [6, 6.07) is 2.72. The lowest BCUT2D eigenvalue weighted by Gasteiger charge is -2.25. The quantitative estimate of drug-likeness (QED) is 0.654. The van der Waals surface area contributed by atoms with Gasteiger partial charge in [0.05, 0.1) is 23.5 Å². The van der Waals surface area contributed by atoms with Gasteiger partial charge in [-0.2, -0.15) is 4.31 Å². The third-order valence-electron chi connectivity index (χ3n) is 4.13. The van der Waals surface area contributed by atoms with E-state index in [0.29, 0.717) is 31.3 Å². The highest BCUT2D eigenvalue weighted by Crippen LogP contribution is 2.24. The molecule has 1 atom stereocenters. The molecular formula is C16H22N4O5S2. The number of sulfonamides is 1. The zero-order chi connectivity index (χ0) is 19.4. The Morgan fingerprint density at radius 1 is 1.30 bits per heavy atom. The minimum Gasteiger partial charge on any atom is -0.379 e. The first kappa shape index (κ1) is 20.1. The van der Waals surface area contributed by atoms with Crippen LogP contribution in [0.2, 0.25) is 0 Å². The van der Waals surface area contributed by atoms with Crippen LogP contribution in [0.5, 0.6) is 0 Å². The van der Waals surface area contributed by atoms with E-state index in [9.17, 15) is 18.0 Å². The lowest BCUT2D eigenvalue weighted by atomic mass is 10.4. The van der Waals surface area contributed by atoms with Crippen molar-refractivity contribution >= 4 is 33.7 Å². The van der Waals surface area contributed by atoms with Gasteiger partial charge in [-0.1, -0.05) is 11.8 Å². The highest BCUT2D eigenvalue weighted by Gasteiger charge is 2.27. The highest BCUT2D eigenvalue weighted by atomic mass is 32.2. The van der Waals surface area contributed by atoms with Gasteiger partial charge in [0.1, 0.15) is 4.90 Å². The average molecular weight is 415 g/mol. The summed E-state index contributed by atoms with van der Waals surface area (Å²) in [7, 11) is -3.60. The van der Waals surface area contributed by atoms with Crippen LogP contribution in [0.15, 0.2) is 28.3 Å². The predicted molar refractivity (Wildman–Crippen MR) is 98.8 cm³/mol. The Balaban J connectivity index is 1.56. The number of amides is 3. The van der Waals surface area contributed by atoms with Gasteiger partial charge in [0, 0.05) is 25.3 Å². The number of thioether (sulfide) groups is 1. The summed E-state index contributed by atoms with van der Waals surface area (Å²) in [5, 5.41) is 4.93. The number of urea groups is 1. The Kier molecular flexibility index (Phi) is 6.35. The Morgan fingerprint density at radius 2 is 2.00 bits per heavy atom. The zero-order valence-electron chi connectivity index (χ0n) is 14.9. The van der Waals surface area contributed by atoms with Gasteiger partial charge in [0.25, 0.3) is 0 Å². The van der Waals surface area contributed by atoms with Crippen molar-refractivity contribution in [3.05, 3.63) is 18.3 Å². The zero-order valence-corrected chi connectivity index (χ0v) is 16.5. The van der Waals surface area contributed by atoms with Crippen LogP contribution in [-0.4, -0.2) is 67.2 Å². The summed E-state index contributed by atoms with van der Waals surface area (Å²) >= 11 is 1.15. The molecule has 1 saturated heterocycles. The van der Waals surface area contributed by atoms with Crippen molar-refractivity contribution in [2.24, 2.45) is 0 Å². The van der Waals surface area contributed by atoms with Crippen LogP contribution < -0.4 is 10.6 Å². The third-order valence-corrected chi connectivity index (χ3v) is 7.07. The van der Waals surface area contributed by atoms with Gasteiger partial charge in [-0.15, -0.1) is 0 Å². The van der Waals surface area contributed by atoms with E-state index < -0.39 is 27.2 Å². The molecule has 3 rings (SSSR count). The van der Waals surface area contributed by atoms with Gasteiger partial charge >= 0.3 is 6.03 Å². The number of carbonyl (C=O) groups excluding carboxylic acids is 2. The van der Waals surface area contributed by atoms with Gasteiger partial charge in [-0.3, -0.25) is 10.1 Å². The molecule has 2 heterocycles. The Morgan fingerprint density at radius 3 is 2.59 bits per heavy atom. The third kappa shape index (κ3) is 5.41. The molecule has 0 bridgehead atoms. The Labute approximate surface area is 162 Å². The molecule has 1 saturated carbocycles. The van der Waals surface area contributed by atoms with Gasteiger partial charge < -0.3 is 10.1 Å². The van der Waals surface area contributed by atoms with Crippen molar-refractivity contribution < 1.29 is 22.7 Å². The second kappa shape index (κ2) is 8.55. The minimum atomic E-state index is -3.60. The number of imide groups is 1. The maximum absolute atomic E-state index is 12.6. The molecule has 1 aromatic rings. The van der Waals surface area contributed by atoms with Crippen LogP contribution in [0.4, 0.5) is 4.79 Å². The smallest absolute Gasteiger partial charge is 0.321 e. The number of morpholine rings is 1. The van der Waals surface area contributed by atoms with Crippen molar-refractivity contribution in [3.8, 4) is 0 Å². The maximum atomic E-state index is 12.6. The molecule has 0 radical (unpaired) electrons. The average Bonchev–Trinajstić information content (AvgIpc) is 3.46. The molecule has 2 fully saturated rings. The topological polar surface area (TPSA) is 118 Å². The molecule has 0 spiro atoms. The molecule has 148 valence electrons. The first-order valence-corrected chi connectivity index (χ1v) is 11.0. The molecular weight excluding hydrogens is 392 g/mol. The molecule has 1 unspecified atom stereocenters. The van der Waals surface area contributed by atoms with E-state index in [1.54, 1.807) is 13.0 Å². The SMILES string of the molecule is CC(Sc1ccc(S(=O)(=O)N2CCOCC2)cn1)C(=O)NC(=O)NC1CC1. The van der Waals surface area contributed by atoms with Crippen molar-refractivity contribution in [1.29, 1.82) is 0 Å². The van der Waals surface area contributed by atoms with Crippen LogP contribution in [0.3, 0.4) is 0 Å². The minimum absolute atomic E-state index is 0.106. The van der Waals surface area contributed by atoms with Crippen LogP contribution in [0, 0.1) is 0 Å². The number of pyridine rings is 1. The van der Waals surface area contributed by atoms with E-state index >= 15 is 0 Å². The summed E-state index contributed by atoms with van der Waals surface area (Å²) in [6.07, 6.45) is 3.17. The van der Waals surface area contributed by atoms with E-state index in [1.807, 2.05) is 0 Å². The molecule has 1 aromatic heterocycles. The van der Waals surface area contributed by atoms with Crippen molar-refractivity contribution in [1.82, 2.24) is 19.9 Å². The van der Waals surface area contributed by atoms with E-state index in [1.165, 1.54) is 16.6 Å². The molecule has 1 aliphatic heterocycles. The summed E-state index contributed by atoms with van der Waals surface area (Å²) < 4.78 is 31.7. The van der Waals surface area contributed by atoms with E-state index in [0.717, 1.165) is 24.6 Å². The highest BCUT2D eigenvalue weighted by molar-refractivity contribution is 8.00. The van der Waals surface area contributed by atoms with Gasteiger partial charge in [0.2, 0.25) is 15.9 Å². The fourth-order valence-corrected chi connectivity index (χ4v) is 4.56. The number of nitrogens with zero attached hydrogens (tertiary/aromatic N) is 2. The fraction of sp³-hybridized carbons (Fsp3) is 0.562. The molecule has 0 aromatic carbocycles. The molecule has 9 nitrogen and oxygen atoms in total. The number of hydrogen-bond acceptors (Lipinski definition) is 7. The van der Waals surface area contributed by atoms with Crippen LogP contribution >= 0.6 is 11.8 Å². The first-order valence-electron chi connectivity index (χ1n) is 8.68. The van der Waals surface area contributed by atoms with Crippen molar-refractivity contribution in [2.75, 3.05) is 26.3 Å². The molecule has 1 aliphatic carbocycles. The summed E-state index contributed by atoms with van der Waals surface area (Å²) in [4.78, 5) is 27.9. The summed E-state index contributed by atoms with van der Waals surface area (Å²) in [6.45, 7) is 3.05. The standard InChI is InChI=1S/C16H22N4O5S2/c1-11(15(21)19-16(22)18-12-2-3-12)26-14-5-4-13(10-17-14)27(23,24)20-6-8-25-9-7-20/h4-5,10-12H,2-3,6-9H2,1H3,(H2,18,19,21,22). The second-order valence-corrected chi connectivity index (χ2v) is 9.64. The predicted octanol–water partition coefficient (Wildman–Crippen LogP) is 0.571. The molecule has 27 heavy (non-hydrogen) atoms. The summed E-state index contributed by atoms with van der Waals surface area (Å²) in [5.74, 6) is -0.426. The van der Waals surface area contributed by atoms with Crippen LogP contribution in [0.1, 0.15) is 19.8 Å². The number of aromatic nitrogens is 1. The van der Waals surface area contributed by atoms with E-state index in [-0.39, 0.29) is 10.9 Å². The monoisotopic (exact) mass is 414 g/mol. The molecule has 2 N–H and O–H groups in total. The first-order chi connectivity index (χ1) is 12.9. The Bertz CT molecular complexity index is 790. The lowest BCUT2D eigenvalue weighted by molar-refractivity contribution is -0.119. The number of nitrogens with one attached hydrogen (secondary N) is 2. The second-order valence-electron chi connectivity index (χ2n) is 6.35. The van der Waals surface area contributed by atoms with Crippen LogP contribution in [-0.2, 0) is 19.6 Å². The molecule has 3 amide bonds. The molecule has 2 aliphatic rings. The van der Waals surface area contributed by atoms with Gasteiger partial charge in [-0.25, -0.2) is 18.2 Å². The number of rotatable bonds is 6. The summed E-state index contributed by atoms with van der Waals surface area (Å²) in [5.41, 5.74) is 0. The normalized spacial score (nSPS) is 19.3. The van der Waals surface area contributed by atoms with Crippen LogP contribution in [0.25, 0.3) is 0 Å². The largest absolute Gasteiger partial charge is 0.379 e. The fourth-order valence-electron chi connectivity index (χ4n) is 2.42. The Hall–Kier alpha value is -1.69. The van der Waals surface area contributed by atoms with E-state index in [2.05, 4.69) is 15.6 Å². The number of hydrogen-bond donors (Lipinski definition) is 2. The van der Waals surface area contributed by atoms with E-state index in [4.69, 9.17) is 4.74 Å². The number of ether oxygens (including phenoxy) is 1.